The zero-order valence-electron chi connectivity index (χ0n) is 15.9. The second kappa shape index (κ2) is 8.88. The summed E-state index contributed by atoms with van der Waals surface area (Å²) in [5.41, 5.74) is 2.71. The Bertz CT molecular complexity index is 995. The van der Waals surface area contributed by atoms with Gasteiger partial charge < -0.3 is 13.9 Å². The molecule has 28 heavy (non-hydrogen) atoms. The zero-order valence-corrected chi connectivity index (χ0v) is 16.7. The number of para-hydroxylation sites is 1. The van der Waals surface area contributed by atoms with Crippen molar-refractivity contribution in [3.63, 3.8) is 0 Å². The number of ether oxygens (including phenoxy) is 2. The molecule has 0 aliphatic carbocycles. The fourth-order valence-corrected chi connectivity index (χ4v) is 3.43. The first-order valence-corrected chi connectivity index (χ1v) is 9.74. The summed E-state index contributed by atoms with van der Waals surface area (Å²) in [6.45, 7) is 5.60. The van der Waals surface area contributed by atoms with Crippen molar-refractivity contribution in [1.82, 2.24) is 9.97 Å². The van der Waals surface area contributed by atoms with Crippen molar-refractivity contribution < 1.29 is 23.5 Å². The Labute approximate surface area is 166 Å². The van der Waals surface area contributed by atoms with Gasteiger partial charge in [0.15, 0.2) is 5.16 Å². The highest BCUT2D eigenvalue weighted by Gasteiger charge is 2.22. The third kappa shape index (κ3) is 4.69. The Balaban J connectivity index is 1.69. The number of carbonyl (C=O) groups excluding carboxylic acids is 2. The smallest absolute Gasteiger partial charge is 0.374 e. The minimum Gasteiger partial charge on any atom is -0.460 e. The highest BCUT2D eigenvalue weighted by atomic mass is 32.2. The molecule has 0 saturated heterocycles. The summed E-state index contributed by atoms with van der Waals surface area (Å²) in [5.74, 6) is -0.898. The van der Waals surface area contributed by atoms with E-state index in [4.69, 9.17) is 13.9 Å². The number of hydrogen-bond donors (Lipinski definition) is 0. The van der Waals surface area contributed by atoms with E-state index in [9.17, 15) is 9.59 Å². The molecule has 3 aromatic rings. The molecule has 7 nitrogen and oxygen atoms in total. The third-order valence-electron chi connectivity index (χ3n) is 3.82. The molecule has 0 fully saturated rings. The fourth-order valence-electron chi connectivity index (χ4n) is 2.68. The normalized spacial score (nSPS) is 10.8. The molecule has 2 heterocycles. The lowest BCUT2D eigenvalue weighted by Gasteiger charge is -2.06. The number of benzene rings is 1. The highest BCUT2D eigenvalue weighted by molar-refractivity contribution is 7.99. The van der Waals surface area contributed by atoms with Crippen LogP contribution in [0.2, 0.25) is 0 Å². The first-order valence-electron chi connectivity index (χ1n) is 8.76. The number of hydrogen-bond acceptors (Lipinski definition) is 8. The number of nitrogens with zero attached hydrogens (tertiary/aromatic N) is 2. The van der Waals surface area contributed by atoms with Crippen LogP contribution in [-0.4, -0.2) is 34.3 Å². The Morgan fingerprint density at radius 3 is 2.54 bits per heavy atom. The number of furan rings is 1. The average molecular weight is 400 g/mol. The molecular formula is C20H20N2O5S. The summed E-state index contributed by atoms with van der Waals surface area (Å²) in [5, 5.41) is 1.24. The average Bonchev–Trinajstić information content (AvgIpc) is 3.03. The number of rotatable bonds is 7. The SMILES string of the molecule is CCOC(=O)c1oc2ccccc2c1COC(=O)CSc1nc(C)cc(C)n1. The second-order valence-corrected chi connectivity index (χ2v) is 6.95. The Hall–Kier alpha value is -2.87. The minimum absolute atomic E-state index is 0.0566. The molecule has 8 heteroatoms. The molecule has 0 amide bonds. The molecule has 3 rings (SSSR count). The summed E-state index contributed by atoms with van der Waals surface area (Å²) < 4.78 is 16.0. The number of esters is 2. The monoisotopic (exact) mass is 400 g/mol. The van der Waals surface area contributed by atoms with Gasteiger partial charge in [0, 0.05) is 16.8 Å². The first-order chi connectivity index (χ1) is 13.5. The van der Waals surface area contributed by atoms with Gasteiger partial charge in [0.2, 0.25) is 5.76 Å². The number of fused-ring (bicyclic) bond motifs is 1. The maximum Gasteiger partial charge on any atom is 0.374 e. The molecule has 0 aliphatic heterocycles. The van der Waals surface area contributed by atoms with Crippen LogP contribution >= 0.6 is 11.8 Å². The maximum atomic E-state index is 12.2. The molecule has 0 aliphatic rings. The predicted molar refractivity (Wildman–Crippen MR) is 104 cm³/mol. The van der Waals surface area contributed by atoms with E-state index in [0.717, 1.165) is 11.4 Å². The van der Waals surface area contributed by atoms with Gasteiger partial charge in [-0.05, 0) is 32.9 Å². The van der Waals surface area contributed by atoms with E-state index >= 15 is 0 Å². The summed E-state index contributed by atoms with van der Waals surface area (Å²) in [4.78, 5) is 32.9. The standard InChI is InChI=1S/C20H20N2O5S/c1-4-25-19(24)18-15(14-7-5-6-8-16(14)27-18)10-26-17(23)11-28-20-21-12(2)9-13(3)22-20/h5-9H,4,10-11H2,1-3H3. The quantitative estimate of drug-likeness (QED) is 0.335. The van der Waals surface area contributed by atoms with E-state index in [1.807, 2.05) is 32.0 Å². The van der Waals surface area contributed by atoms with Gasteiger partial charge in [-0.2, -0.15) is 0 Å². The van der Waals surface area contributed by atoms with Crippen LogP contribution in [0.3, 0.4) is 0 Å². The molecular weight excluding hydrogens is 380 g/mol. The number of aromatic nitrogens is 2. The molecule has 0 N–H and O–H groups in total. The van der Waals surface area contributed by atoms with Crippen molar-refractivity contribution in [1.29, 1.82) is 0 Å². The van der Waals surface area contributed by atoms with Crippen LogP contribution in [0.4, 0.5) is 0 Å². The van der Waals surface area contributed by atoms with Crippen molar-refractivity contribution in [2.75, 3.05) is 12.4 Å². The van der Waals surface area contributed by atoms with Crippen LogP contribution in [0, 0.1) is 13.8 Å². The van der Waals surface area contributed by atoms with Crippen LogP contribution in [0.1, 0.15) is 34.4 Å². The Kier molecular flexibility index (Phi) is 6.30. The predicted octanol–water partition coefficient (Wildman–Crippen LogP) is 3.85. The zero-order chi connectivity index (χ0) is 20.1. The number of thioether (sulfide) groups is 1. The molecule has 0 radical (unpaired) electrons. The molecule has 0 saturated carbocycles. The van der Waals surface area contributed by atoms with Crippen LogP contribution in [-0.2, 0) is 20.9 Å². The molecule has 2 aromatic heterocycles. The molecule has 0 bridgehead atoms. The van der Waals surface area contributed by atoms with E-state index < -0.39 is 11.9 Å². The van der Waals surface area contributed by atoms with E-state index in [1.165, 1.54) is 11.8 Å². The Morgan fingerprint density at radius 2 is 1.82 bits per heavy atom. The number of carbonyl (C=O) groups is 2. The molecule has 1 aromatic carbocycles. The van der Waals surface area contributed by atoms with Gasteiger partial charge in [0.05, 0.1) is 17.9 Å². The van der Waals surface area contributed by atoms with Crippen LogP contribution in [0.15, 0.2) is 39.9 Å². The van der Waals surface area contributed by atoms with Gasteiger partial charge in [-0.1, -0.05) is 30.0 Å². The van der Waals surface area contributed by atoms with Gasteiger partial charge in [-0.3, -0.25) is 4.79 Å². The third-order valence-corrected chi connectivity index (χ3v) is 4.64. The fraction of sp³-hybridized carbons (Fsp3) is 0.300. The van der Waals surface area contributed by atoms with Crippen molar-refractivity contribution >= 4 is 34.7 Å². The minimum atomic E-state index is -0.581. The van der Waals surface area contributed by atoms with Crippen LogP contribution in [0.5, 0.6) is 0 Å². The maximum absolute atomic E-state index is 12.2. The van der Waals surface area contributed by atoms with E-state index in [2.05, 4.69) is 9.97 Å². The molecule has 146 valence electrons. The van der Waals surface area contributed by atoms with Crippen molar-refractivity contribution in [3.8, 4) is 0 Å². The van der Waals surface area contributed by atoms with Gasteiger partial charge in [0.25, 0.3) is 0 Å². The summed E-state index contributed by atoms with van der Waals surface area (Å²) in [6, 6.07) is 9.05. The van der Waals surface area contributed by atoms with E-state index in [-0.39, 0.29) is 24.7 Å². The second-order valence-electron chi connectivity index (χ2n) is 6.01. The molecule has 0 spiro atoms. The van der Waals surface area contributed by atoms with Gasteiger partial charge in [-0.15, -0.1) is 0 Å². The first kappa shape index (κ1) is 19.9. The lowest BCUT2D eigenvalue weighted by Crippen LogP contribution is -2.11. The van der Waals surface area contributed by atoms with Crippen molar-refractivity contribution in [3.05, 3.63) is 53.0 Å². The largest absolute Gasteiger partial charge is 0.460 e. The highest BCUT2D eigenvalue weighted by Crippen LogP contribution is 2.27. The van der Waals surface area contributed by atoms with Gasteiger partial charge in [0.1, 0.15) is 12.2 Å². The van der Waals surface area contributed by atoms with E-state index in [1.54, 1.807) is 19.1 Å². The van der Waals surface area contributed by atoms with Gasteiger partial charge in [-0.25, -0.2) is 14.8 Å². The van der Waals surface area contributed by atoms with Gasteiger partial charge >= 0.3 is 11.9 Å². The van der Waals surface area contributed by atoms with E-state index in [0.29, 0.717) is 21.7 Å². The van der Waals surface area contributed by atoms with Crippen LogP contribution < -0.4 is 0 Å². The molecule has 0 unspecified atom stereocenters. The van der Waals surface area contributed by atoms with Crippen LogP contribution in [0.25, 0.3) is 11.0 Å². The van der Waals surface area contributed by atoms with Crippen molar-refractivity contribution in [2.24, 2.45) is 0 Å². The number of aryl methyl sites for hydroxylation is 2. The molecule has 0 atom stereocenters. The Morgan fingerprint density at radius 1 is 1.11 bits per heavy atom. The lowest BCUT2D eigenvalue weighted by molar-refractivity contribution is -0.141. The summed E-state index contributed by atoms with van der Waals surface area (Å²) in [7, 11) is 0. The van der Waals surface area contributed by atoms with Crippen molar-refractivity contribution in [2.45, 2.75) is 32.5 Å². The summed E-state index contributed by atoms with van der Waals surface area (Å²) in [6.07, 6.45) is 0. The lowest BCUT2D eigenvalue weighted by atomic mass is 10.1. The summed E-state index contributed by atoms with van der Waals surface area (Å²) >= 11 is 1.20. The topological polar surface area (TPSA) is 91.5 Å².